The number of nitrogens with one attached hydrogen (secondary N) is 2. The number of nitrogens with two attached hydrogens (primary N) is 1. The van der Waals surface area contributed by atoms with Crippen LogP contribution in [0.15, 0.2) is 60.8 Å². The van der Waals surface area contributed by atoms with Crippen molar-refractivity contribution in [3.8, 4) is 11.1 Å². The van der Waals surface area contributed by atoms with Gasteiger partial charge in [0.2, 0.25) is 0 Å². The Hall–Kier alpha value is -2.85. The summed E-state index contributed by atoms with van der Waals surface area (Å²) in [5.41, 5.74) is 11.1. The quantitative estimate of drug-likeness (QED) is 0.538. The predicted octanol–water partition coefficient (Wildman–Crippen LogP) is 3.75. The van der Waals surface area contributed by atoms with Crippen LogP contribution < -0.4 is 11.1 Å². The number of nitrogens with zero attached hydrogens (tertiary/aromatic N) is 1. The van der Waals surface area contributed by atoms with E-state index in [-0.39, 0.29) is 0 Å². The number of aromatic nitrogens is 2. The third-order valence-electron chi connectivity index (χ3n) is 4.08. The number of anilines is 1. The van der Waals surface area contributed by atoms with Gasteiger partial charge >= 0.3 is 0 Å². The minimum atomic E-state index is 0.604. The van der Waals surface area contributed by atoms with Gasteiger partial charge in [0.25, 0.3) is 0 Å². The Labute approximate surface area is 134 Å². The summed E-state index contributed by atoms with van der Waals surface area (Å²) < 4.78 is 0. The molecule has 0 atom stereocenters. The van der Waals surface area contributed by atoms with Gasteiger partial charge in [-0.3, -0.25) is 0 Å². The molecule has 23 heavy (non-hydrogen) atoms. The predicted molar refractivity (Wildman–Crippen MR) is 96.6 cm³/mol. The fraction of sp³-hybridized carbons (Fsp3) is 0.105. The fourth-order valence-electron chi connectivity index (χ4n) is 3.07. The summed E-state index contributed by atoms with van der Waals surface area (Å²) >= 11 is 0. The van der Waals surface area contributed by atoms with Crippen molar-refractivity contribution in [2.75, 3.05) is 18.4 Å². The van der Waals surface area contributed by atoms with Crippen LogP contribution in [-0.4, -0.2) is 23.1 Å². The van der Waals surface area contributed by atoms with Gasteiger partial charge in [0.15, 0.2) is 0 Å². The number of pyridine rings is 1. The van der Waals surface area contributed by atoms with E-state index in [9.17, 15) is 0 Å². The van der Waals surface area contributed by atoms with E-state index < -0.39 is 0 Å². The smallest absolute Gasteiger partial charge is 0.138 e. The summed E-state index contributed by atoms with van der Waals surface area (Å²) in [5, 5.41) is 5.76. The summed E-state index contributed by atoms with van der Waals surface area (Å²) in [6, 6.07) is 18.7. The van der Waals surface area contributed by atoms with Gasteiger partial charge in [-0.05, 0) is 23.8 Å². The number of hydrogen-bond acceptors (Lipinski definition) is 3. The molecule has 0 aliphatic rings. The maximum atomic E-state index is 5.64. The van der Waals surface area contributed by atoms with Crippen molar-refractivity contribution in [3.05, 3.63) is 60.8 Å². The standard InChI is InChI=1S/C19H18N4/c20-10-12-21-16-7-3-1-5-13(16)14-9-11-22-19-18(14)15-6-2-4-8-17(15)23-19/h1-9,11,21H,10,12,20H2,(H,22,23). The SMILES string of the molecule is NCCNc1ccccc1-c1ccnc2[nH]c3ccccc3c12. The Bertz CT molecular complexity index is 971. The number of hydrogen-bond donors (Lipinski definition) is 3. The molecule has 2 heterocycles. The number of fused-ring (bicyclic) bond motifs is 3. The van der Waals surface area contributed by atoms with E-state index in [1.807, 2.05) is 18.3 Å². The molecule has 0 fully saturated rings. The van der Waals surface area contributed by atoms with Crippen molar-refractivity contribution in [1.82, 2.24) is 9.97 Å². The van der Waals surface area contributed by atoms with Crippen LogP contribution in [-0.2, 0) is 0 Å². The minimum absolute atomic E-state index is 0.604. The lowest BCUT2D eigenvalue weighted by Gasteiger charge is -2.12. The Balaban J connectivity index is 1.99. The maximum Gasteiger partial charge on any atom is 0.138 e. The third kappa shape index (κ3) is 2.33. The second-order valence-electron chi connectivity index (χ2n) is 5.51. The van der Waals surface area contributed by atoms with E-state index in [0.717, 1.165) is 34.3 Å². The Morgan fingerprint density at radius 3 is 2.70 bits per heavy atom. The van der Waals surface area contributed by atoms with Crippen LogP contribution in [0, 0.1) is 0 Å². The monoisotopic (exact) mass is 302 g/mol. The van der Waals surface area contributed by atoms with Crippen LogP contribution in [0.2, 0.25) is 0 Å². The van der Waals surface area contributed by atoms with Crippen LogP contribution in [0.25, 0.3) is 33.1 Å². The first-order valence-corrected chi connectivity index (χ1v) is 7.77. The lowest BCUT2D eigenvalue weighted by molar-refractivity contribution is 1.02. The molecule has 4 aromatic rings. The molecule has 4 rings (SSSR count). The third-order valence-corrected chi connectivity index (χ3v) is 4.08. The maximum absolute atomic E-state index is 5.64. The van der Waals surface area contributed by atoms with E-state index in [1.165, 1.54) is 10.9 Å². The highest BCUT2D eigenvalue weighted by atomic mass is 14.9. The van der Waals surface area contributed by atoms with Gasteiger partial charge in [-0.1, -0.05) is 36.4 Å². The molecule has 0 aliphatic heterocycles. The molecule has 0 spiro atoms. The number of aromatic amines is 1. The van der Waals surface area contributed by atoms with Crippen LogP contribution >= 0.6 is 0 Å². The summed E-state index contributed by atoms with van der Waals surface area (Å²) in [5.74, 6) is 0. The van der Waals surface area contributed by atoms with Crippen LogP contribution in [0.1, 0.15) is 0 Å². The first-order chi connectivity index (χ1) is 11.4. The number of H-pyrrole nitrogens is 1. The van der Waals surface area contributed by atoms with E-state index in [1.54, 1.807) is 0 Å². The molecule has 4 nitrogen and oxygen atoms in total. The molecule has 0 unspecified atom stereocenters. The summed E-state index contributed by atoms with van der Waals surface area (Å²) in [6.07, 6.45) is 1.85. The van der Waals surface area contributed by atoms with Gasteiger partial charge in [0.05, 0.1) is 0 Å². The molecule has 114 valence electrons. The lowest BCUT2D eigenvalue weighted by Crippen LogP contribution is -2.13. The fourth-order valence-corrected chi connectivity index (χ4v) is 3.07. The molecule has 2 aromatic carbocycles. The van der Waals surface area contributed by atoms with Crippen LogP contribution in [0.5, 0.6) is 0 Å². The number of para-hydroxylation sites is 2. The molecule has 0 saturated carbocycles. The first kappa shape index (κ1) is 13.8. The van der Waals surface area contributed by atoms with Crippen LogP contribution in [0.3, 0.4) is 0 Å². The van der Waals surface area contributed by atoms with E-state index >= 15 is 0 Å². The second-order valence-corrected chi connectivity index (χ2v) is 5.51. The van der Waals surface area contributed by atoms with Gasteiger partial charge in [-0.25, -0.2) is 4.98 Å². The highest BCUT2D eigenvalue weighted by Gasteiger charge is 2.13. The van der Waals surface area contributed by atoms with Crippen molar-refractivity contribution >= 4 is 27.6 Å². The molecule has 4 heteroatoms. The van der Waals surface area contributed by atoms with Gasteiger partial charge in [-0.2, -0.15) is 0 Å². The molecule has 0 aliphatic carbocycles. The molecular formula is C19H18N4. The van der Waals surface area contributed by atoms with Crippen LogP contribution in [0.4, 0.5) is 5.69 Å². The zero-order valence-electron chi connectivity index (χ0n) is 12.7. The van der Waals surface area contributed by atoms with Crippen molar-refractivity contribution < 1.29 is 0 Å². The molecule has 0 radical (unpaired) electrons. The van der Waals surface area contributed by atoms with Gasteiger partial charge in [-0.15, -0.1) is 0 Å². The highest BCUT2D eigenvalue weighted by Crippen LogP contribution is 2.36. The molecule has 0 bridgehead atoms. The van der Waals surface area contributed by atoms with Crippen molar-refractivity contribution in [2.24, 2.45) is 5.73 Å². The molecular weight excluding hydrogens is 284 g/mol. The van der Waals surface area contributed by atoms with E-state index in [4.69, 9.17) is 5.73 Å². The highest BCUT2D eigenvalue weighted by molar-refractivity contribution is 6.13. The minimum Gasteiger partial charge on any atom is -0.383 e. The Kier molecular flexibility index (Phi) is 3.44. The Morgan fingerprint density at radius 2 is 1.78 bits per heavy atom. The van der Waals surface area contributed by atoms with Crippen molar-refractivity contribution in [3.63, 3.8) is 0 Å². The normalized spacial score (nSPS) is 11.2. The Morgan fingerprint density at radius 1 is 0.957 bits per heavy atom. The summed E-state index contributed by atoms with van der Waals surface area (Å²) in [6.45, 7) is 1.35. The topological polar surface area (TPSA) is 66.7 Å². The van der Waals surface area contributed by atoms with Gasteiger partial charge in [0.1, 0.15) is 5.65 Å². The lowest BCUT2D eigenvalue weighted by atomic mass is 10.00. The van der Waals surface area contributed by atoms with Crippen molar-refractivity contribution in [1.29, 1.82) is 0 Å². The second kappa shape index (κ2) is 5.74. The van der Waals surface area contributed by atoms with E-state index in [2.05, 4.69) is 57.7 Å². The van der Waals surface area contributed by atoms with Crippen molar-refractivity contribution in [2.45, 2.75) is 0 Å². The molecule has 0 amide bonds. The van der Waals surface area contributed by atoms with E-state index in [0.29, 0.717) is 6.54 Å². The first-order valence-electron chi connectivity index (χ1n) is 7.77. The summed E-state index contributed by atoms with van der Waals surface area (Å²) in [4.78, 5) is 7.90. The molecule has 0 saturated heterocycles. The average molecular weight is 302 g/mol. The molecule has 4 N–H and O–H groups in total. The summed E-state index contributed by atoms with van der Waals surface area (Å²) in [7, 11) is 0. The number of benzene rings is 2. The van der Waals surface area contributed by atoms with Gasteiger partial charge in [0, 0.05) is 46.8 Å². The zero-order chi connectivity index (χ0) is 15.6. The average Bonchev–Trinajstić information content (AvgIpc) is 2.99. The largest absolute Gasteiger partial charge is 0.383 e. The van der Waals surface area contributed by atoms with Gasteiger partial charge < -0.3 is 16.0 Å². The number of rotatable bonds is 4. The molecule has 2 aromatic heterocycles. The zero-order valence-corrected chi connectivity index (χ0v) is 12.7.